The van der Waals surface area contributed by atoms with Gasteiger partial charge in [0.1, 0.15) is 0 Å². The fourth-order valence-electron chi connectivity index (χ4n) is 1.44. The van der Waals surface area contributed by atoms with Crippen LogP contribution in [0.2, 0.25) is 0 Å². The summed E-state index contributed by atoms with van der Waals surface area (Å²) in [7, 11) is 0. The molecule has 1 aromatic rings. The molecule has 1 aromatic carbocycles. The summed E-state index contributed by atoms with van der Waals surface area (Å²) in [4.78, 5) is 0. The Bertz CT molecular complexity index is 302. The second-order valence-electron chi connectivity index (χ2n) is 3.23. The summed E-state index contributed by atoms with van der Waals surface area (Å²) in [5, 5.41) is 3.41. The van der Waals surface area contributed by atoms with E-state index in [0.29, 0.717) is 6.04 Å². The first-order valence-electron chi connectivity index (χ1n) is 4.36. The second-order valence-corrected chi connectivity index (χ2v) is 3.23. The minimum atomic E-state index is 0.484. The van der Waals surface area contributed by atoms with Crippen molar-refractivity contribution in [2.24, 2.45) is 0 Å². The average Bonchev–Trinajstić information content (AvgIpc) is 2.29. The van der Waals surface area contributed by atoms with Crippen molar-refractivity contribution < 1.29 is 0 Å². The van der Waals surface area contributed by atoms with Crippen LogP contribution in [0.1, 0.15) is 18.1 Å². The van der Waals surface area contributed by atoms with Crippen LogP contribution in [0.15, 0.2) is 30.3 Å². The lowest BCUT2D eigenvalue weighted by molar-refractivity contribution is 0.639. The van der Waals surface area contributed by atoms with Crippen molar-refractivity contribution in [3.8, 4) is 0 Å². The molecule has 0 bridgehead atoms. The summed E-state index contributed by atoms with van der Waals surface area (Å²) in [6, 6.07) is 8.98. The van der Waals surface area contributed by atoms with Gasteiger partial charge in [-0.15, -0.1) is 0 Å². The molecule has 0 spiro atoms. The van der Waals surface area contributed by atoms with E-state index in [2.05, 4.69) is 48.7 Å². The molecule has 1 nitrogen and oxygen atoms in total. The molecule has 1 aliphatic rings. The maximum atomic E-state index is 3.41. The van der Waals surface area contributed by atoms with Crippen LogP contribution in [0.25, 0.3) is 6.08 Å². The summed E-state index contributed by atoms with van der Waals surface area (Å²) in [5.74, 6) is 0. The maximum Gasteiger partial charge on any atom is 0.0228 e. The van der Waals surface area contributed by atoms with E-state index >= 15 is 0 Å². The Morgan fingerprint density at radius 3 is 3.08 bits per heavy atom. The van der Waals surface area contributed by atoms with Gasteiger partial charge in [0.2, 0.25) is 0 Å². The van der Waals surface area contributed by atoms with Gasteiger partial charge in [-0.25, -0.2) is 0 Å². The largest absolute Gasteiger partial charge is 0.307 e. The van der Waals surface area contributed by atoms with E-state index < -0.39 is 0 Å². The molecule has 0 aromatic heterocycles. The van der Waals surface area contributed by atoms with E-state index in [1.165, 1.54) is 11.1 Å². The first kappa shape index (κ1) is 7.56. The molecule has 1 heteroatoms. The number of nitrogens with one attached hydrogen (secondary N) is 1. The van der Waals surface area contributed by atoms with Gasteiger partial charge in [-0.3, -0.25) is 0 Å². The fraction of sp³-hybridized carbons (Fsp3) is 0.273. The SMILES string of the molecule is CC1C=Cc2ccccc2CN1. The zero-order valence-electron chi connectivity index (χ0n) is 7.25. The second kappa shape index (κ2) is 3.11. The number of hydrogen-bond acceptors (Lipinski definition) is 1. The Labute approximate surface area is 73.1 Å². The summed E-state index contributed by atoms with van der Waals surface area (Å²) < 4.78 is 0. The molecule has 62 valence electrons. The third-order valence-electron chi connectivity index (χ3n) is 2.23. The molecular formula is C11H13N. The Hall–Kier alpha value is -1.08. The van der Waals surface area contributed by atoms with E-state index in [4.69, 9.17) is 0 Å². The van der Waals surface area contributed by atoms with Gasteiger partial charge in [0.05, 0.1) is 0 Å². The van der Waals surface area contributed by atoms with Crippen LogP contribution < -0.4 is 5.32 Å². The lowest BCUT2D eigenvalue weighted by Gasteiger charge is -2.06. The predicted molar refractivity (Wildman–Crippen MR) is 51.8 cm³/mol. The van der Waals surface area contributed by atoms with Gasteiger partial charge < -0.3 is 5.32 Å². The standard InChI is InChI=1S/C11H13N/c1-9-6-7-10-4-2-3-5-11(10)8-12-9/h2-7,9,12H,8H2,1H3. The van der Waals surface area contributed by atoms with Gasteiger partial charge in [-0.2, -0.15) is 0 Å². The van der Waals surface area contributed by atoms with Crippen LogP contribution in [0.5, 0.6) is 0 Å². The van der Waals surface area contributed by atoms with Crippen molar-refractivity contribution in [2.75, 3.05) is 0 Å². The first-order chi connectivity index (χ1) is 5.86. The number of benzene rings is 1. The number of fused-ring (bicyclic) bond motifs is 1. The molecular weight excluding hydrogens is 146 g/mol. The highest BCUT2D eigenvalue weighted by atomic mass is 14.9. The molecule has 0 saturated carbocycles. The van der Waals surface area contributed by atoms with Crippen molar-refractivity contribution >= 4 is 6.08 Å². The summed E-state index contributed by atoms with van der Waals surface area (Å²) in [6.07, 6.45) is 4.39. The zero-order chi connectivity index (χ0) is 8.39. The van der Waals surface area contributed by atoms with Gasteiger partial charge in [-0.05, 0) is 18.1 Å². The Morgan fingerprint density at radius 1 is 1.33 bits per heavy atom. The predicted octanol–water partition coefficient (Wildman–Crippen LogP) is 2.19. The summed E-state index contributed by atoms with van der Waals surface area (Å²) in [6.45, 7) is 3.15. The average molecular weight is 159 g/mol. The highest BCUT2D eigenvalue weighted by Gasteiger charge is 2.04. The third kappa shape index (κ3) is 1.41. The molecule has 1 unspecified atom stereocenters. The topological polar surface area (TPSA) is 12.0 Å². The smallest absolute Gasteiger partial charge is 0.0228 e. The van der Waals surface area contributed by atoms with Crippen LogP contribution >= 0.6 is 0 Å². The Balaban J connectivity index is 2.39. The molecule has 2 rings (SSSR count). The normalized spacial score (nSPS) is 21.6. The highest BCUT2D eigenvalue weighted by Crippen LogP contribution is 2.13. The molecule has 1 aliphatic heterocycles. The lowest BCUT2D eigenvalue weighted by atomic mass is 10.1. The van der Waals surface area contributed by atoms with Crippen molar-refractivity contribution in [1.29, 1.82) is 0 Å². The number of rotatable bonds is 0. The molecule has 0 amide bonds. The monoisotopic (exact) mass is 159 g/mol. The van der Waals surface area contributed by atoms with E-state index in [0.717, 1.165) is 6.54 Å². The highest BCUT2D eigenvalue weighted by molar-refractivity contribution is 5.55. The molecule has 0 fully saturated rings. The van der Waals surface area contributed by atoms with E-state index in [1.807, 2.05) is 0 Å². The Kier molecular flexibility index (Phi) is 1.96. The third-order valence-corrected chi connectivity index (χ3v) is 2.23. The first-order valence-corrected chi connectivity index (χ1v) is 4.36. The molecule has 0 saturated heterocycles. The zero-order valence-corrected chi connectivity index (χ0v) is 7.25. The van der Waals surface area contributed by atoms with Crippen molar-refractivity contribution in [3.05, 3.63) is 41.5 Å². The van der Waals surface area contributed by atoms with Gasteiger partial charge in [0.15, 0.2) is 0 Å². The molecule has 1 N–H and O–H groups in total. The van der Waals surface area contributed by atoms with Gasteiger partial charge in [0, 0.05) is 12.6 Å². The van der Waals surface area contributed by atoms with Crippen molar-refractivity contribution in [2.45, 2.75) is 19.5 Å². The number of hydrogen-bond donors (Lipinski definition) is 1. The van der Waals surface area contributed by atoms with Gasteiger partial charge in [-0.1, -0.05) is 36.4 Å². The van der Waals surface area contributed by atoms with Gasteiger partial charge in [0.25, 0.3) is 0 Å². The molecule has 1 atom stereocenters. The quantitative estimate of drug-likeness (QED) is 0.612. The summed E-state index contributed by atoms with van der Waals surface area (Å²) in [5.41, 5.74) is 2.73. The van der Waals surface area contributed by atoms with Crippen LogP contribution in [0.4, 0.5) is 0 Å². The minimum Gasteiger partial charge on any atom is -0.307 e. The van der Waals surface area contributed by atoms with E-state index in [1.54, 1.807) is 0 Å². The molecule has 0 aliphatic carbocycles. The molecule has 0 radical (unpaired) electrons. The van der Waals surface area contributed by atoms with Crippen LogP contribution in [0, 0.1) is 0 Å². The molecule has 12 heavy (non-hydrogen) atoms. The van der Waals surface area contributed by atoms with Gasteiger partial charge >= 0.3 is 0 Å². The lowest BCUT2D eigenvalue weighted by Crippen LogP contribution is -2.21. The molecule has 1 heterocycles. The maximum absolute atomic E-state index is 3.41. The Morgan fingerprint density at radius 2 is 2.17 bits per heavy atom. The van der Waals surface area contributed by atoms with Crippen LogP contribution in [0.3, 0.4) is 0 Å². The van der Waals surface area contributed by atoms with Crippen LogP contribution in [-0.2, 0) is 6.54 Å². The fourth-order valence-corrected chi connectivity index (χ4v) is 1.44. The summed E-state index contributed by atoms with van der Waals surface area (Å²) >= 11 is 0. The van der Waals surface area contributed by atoms with E-state index in [-0.39, 0.29) is 0 Å². The minimum absolute atomic E-state index is 0.484. The van der Waals surface area contributed by atoms with Crippen LogP contribution in [-0.4, -0.2) is 6.04 Å². The van der Waals surface area contributed by atoms with E-state index in [9.17, 15) is 0 Å². The van der Waals surface area contributed by atoms with Crippen molar-refractivity contribution in [3.63, 3.8) is 0 Å². The van der Waals surface area contributed by atoms with Crippen molar-refractivity contribution in [1.82, 2.24) is 5.32 Å².